The molecule has 6 nitrogen and oxygen atoms in total. The number of aliphatic hydroxyl groups is 2. The Balaban J connectivity index is 1.48. The fourth-order valence-corrected chi connectivity index (χ4v) is 11.3. The zero-order valence-corrected chi connectivity index (χ0v) is 25.4. The molecule has 5 fully saturated rings. The second kappa shape index (κ2) is 9.30. The molecular weight excluding hydrogens is 585 g/mol. The minimum atomic E-state index is -6.54. The number of hydrogen-bond acceptors (Lipinski definition) is 5. The molecule has 0 saturated heterocycles. The van der Waals surface area contributed by atoms with E-state index in [4.69, 9.17) is 0 Å². The Hall–Kier alpha value is -1.47. The number of alkyl halides is 7. The van der Waals surface area contributed by atoms with Gasteiger partial charge in [0.15, 0.2) is 0 Å². The van der Waals surface area contributed by atoms with Gasteiger partial charge in [0.1, 0.15) is 5.78 Å². The highest BCUT2D eigenvalue weighted by Crippen LogP contribution is 2.88. The Bertz CT molecular complexity index is 1180. The molecular formula is C30H43F7N2O4. The highest BCUT2D eigenvalue weighted by molar-refractivity contribution is 5.92. The highest BCUT2D eigenvalue weighted by atomic mass is 19.4. The van der Waals surface area contributed by atoms with E-state index in [1.807, 2.05) is 25.9 Å². The van der Waals surface area contributed by atoms with Crippen LogP contribution in [0.4, 0.5) is 30.7 Å². The van der Waals surface area contributed by atoms with Crippen LogP contribution in [-0.4, -0.2) is 83.7 Å². The zero-order chi connectivity index (χ0) is 32.6. The molecule has 0 bridgehead atoms. The molecule has 0 aromatic carbocycles. The van der Waals surface area contributed by atoms with Gasteiger partial charge in [-0.05, 0) is 87.6 Å². The maximum Gasteiger partial charge on any atom is 0.441 e. The third-order valence-electron chi connectivity index (χ3n) is 13.8. The summed E-state index contributed by atoms with van der Waals surface area (Å²) in [4.78, 5) is 28.8. The SMILES string of the molecule is C[C@@H]([C@H]1[C@H](O)C[C@@]2(C)[C@@H]3CC[C@H]4[C@](C)(CO)[C@@H](NC(=O)C(F)(C(F)(F)F)C(F)(F)F)CC[C@@]45C[C@]35C(=O)C[C@]12C)N(C)C. The molecule has 0 aromatic rings. The van der Waals surface area contributed by atoms with Crippen LogP contribution in [0.1, 0.15) is 72.6 Å². The number of rotatable bonds is 5. The summed E-state index contributed by atoms with van der Waals surface area (Å²) in [5, 5.41) is 23.7. The van der Waals surface area contributed by atoms with Gasteiger partial charge in [0.25, 0.3) is 5.91 Å². The van der Waals surface area contributed by atoms with Crippen molar-refractivity contribution in [3.63, 3.8) is 0 Å². The summed E-state index contributed by atoms with van der Waals surface area (Å²) < 4.78 is 94.4. The van der Waals surface area contributed by atoms with Crippen LogP contribution in [0, 0.1) is 44.8 Å². The van der Waals surface area contributed by atoms with Crippen molar-refractivity contribution < 1.29 is 50.5 Å². The predicted octanol–water partition coefficient (Wildman–Crippen LogP) is 4.82. The molecule has 0 heterocycles. The van der Waals surface area contributed by atoms with E-state index in [-0.39, 0.29) is 42.9 Å². The average molecular weight is 629 g/mol. The molecule has 2 spiro atoms. The summed E-state index contributed by atoms with van der Waals surface area (Å²) >= 11 is 0. The van der Waals surface area contributed by atoms with Gasteiger partial charge in [-0.25, -0.2) is 4.39 Å². The molecule has 11 atom stereocenters. The molecule has 13 heteroatoms. The number of ketones is 1. The Morgan fingerprint density at radius 3 is 2.07 bits per heavy atom. The normalized spacial score (nSPS) is 46.9. The Morgan fingerprint density at radius 1 is 1.00 bits per heavy atom. The van der Waals surface area contributed by atoms with Crippen LogP contribution in [-0.2, 0) is 9.59 Å². The predicted molar refractivity (Wildman–Crippen MR) is 141 cm³/mol. The number of halogens is 7. The molecule has 5 aliphatic carbocycles. The zero-order valence-electron chi connectivity index (χ0n) is 25.4. The maximum absolute atomic E-state index is 14.6. The molecule has 0 aliphatic heterocycles. The fraction of sp³-hybridized carbons (Fsp3) is 0.933. The molecule has 0 aromatic heterocycles. The standard InChI is InChI=1S/C30H43F7N2O4/c1-15(39(5)6)21-16(41)11-24(3)18-8-7-17-23(2,14-40)19(38-22(43)28(31,29(32,33)34)30(35,36)37)9-10-26(17)13-27(18,26)20(42)12-25(21,24)4/h15-19,21,40-41H,7-14H2,1-6H3,(H,38,43)/t15-,16+,17-,18-,19-,21-,23-,24-,25+,26+,27+/m0/s1. The number of hydrogen-bond donors (Lipinski definition) is 3. The van der Waals surface area contributed by atoms with Crippen molar-refractivity contribution in [2.75, 3.05) is 20.7 Å². The lowest BCUT2D eigenvalue weighted by molar-refractivity contribution is -0.326. The molecule has 5 rings (SSSR count). The van der Waals surface area contributed by atoms with Gasteiger partial charge < -0.3 is 20.4 Å². The number of carbonyl (C=O) groups excluding carboxylic acids is 2. The lowest BCUT2D eigenvalue weighted by Gasteiger charge is -2.63. The average Bonchev–Trinajstić information content (AvgIpc) is 3.52. The largest absolute Gasteiger partial charge is 0.441 e. The Labute approximate surface area is 247 Å². The first-order valence-corrected chi connectivity index (χ1v) is 15.1. The van der Waals surface area contributed by atoms with Crippen LogP contribution in [0.15, 0.2) is 0 Å². The Kier molecular flexibility index (Phi) is 7.12. The number of aliphatic hydroxyl groups excluding tert-OH is 2. The molecule has 43 heavy (non-hydrogen) atoms. The minimum absolute atomic E-state index is 0.000860. The number of Topliss-reactive ketones (excluding diaryl/α,β-unsaturated/α-hetero) is 1. The number of nitrogens with zero attached hydrogens (tertiary/aromatic N) is 1. The molecule has 0 unspecified atom stereocenters. The van der Waals surface area contributed by atoms with Crippen LogP contribution in [0.5, 0.6) is 0 Å². The number of fused-ring (bicyclic) bond motifs is 2. The smallest absolute Gasteiger partial charge is 0.396 e. The summed E-state index contributed by atoms with van der Waals surface area (Å²) in [5.41, 5.74) is -9.82. The summed E-state index contributed by atoms with van der Waals surface area (Å²) in [5.74, 6) is -3.53. The van der Waals surface area contributed by atoms with Crippen molar-refractivity contribution in [3.05, 3.63) is 0 Å². The van der Waals surface area contributed by atoms with Crippen LogP contribution < -0.4 is 5.32 Å². The lowest BCUT2D eigenvalue weighted by Crippen LogP contribution is -2.68. The third-order valence-corrected chi connectivity index (χ3v) is 13.8. The van der Waals surface area contributed by atoms with E-state index in [2.05, 4.69) is 13.8 Å². The van der Waals surface area contributed by atoms with Crippen LogP contribution in [0.2, 0.25) is 0 Å². The second-order valence-corrected chi connectivity index (χ2v) is 15.3. The molecule has 1 amide bonds. The van der Waals surface area contributed by atoms with Gasteiger partial charge >= 0.3 is 18.0 Å². The van der Waals surface area contributed by atoms with Crippen molar-refractivity contribution in [3.8, 4) is 0 Å². The number of amides is 1. The van der Waals surface area contributed by atoms with Gasteiger partial charge in [0.2, 0.25) is 0 Å². The van der Waals surface area contributed by atoms with E-state index in [0.717, 1.165) is 0 Å². The first kappa shape index (κ1) is 32.9. The van der Waals surface area contributed by atoms with Crippen molar-refractivity contribution in [2.45, 2.75) is 109 Å². The highest BCUT2D eigenvalue weighted by Gasteiger charge is 2.86. The van der Waals surface area contributed by atoms with E-state index in [9.17, 15) is 50.5 Å². The topological polar surface area (TPSA) is 89.9 Å². The van der Waals surface area contributed by atoms with Gasteiger partial charge in [-0.15, -0.1) is 0 Å². The monoisotopic (exact) mass is 628 g/mol. The van der Waals surface area contributed by atoms with Crippen molar-refractivity contribution in [2.24, 2.45) is 44.8 Å². The summed E-state index contributed by atoms with van der Waals surface area (Å²) in [7, 11) is 3.87. The van der Waals surface area contributed by atoms with E-state index in [0.29, 0.717) is 25.7 Å². The first-order chi connectivity index (χ1) is 19.5. The lowest BCUT2D eigenvalue weighted by atomic mass is 9.41. The van der Waals surface area contributed by atoms with Crippen molar-refractivity contribution >= 4 is 11.7 Å². The van der Waals surface area contributed by atoms with Gasteiger partial charge in [-0.2, -0.15) is 26.3 Å². The van der Waals surface area contributed by atoms with Crippen molar-refractivity contribution in [1.29, 1.82) is 0 Å². The minimum Gasteiger partial charge on any atom is -0.396 e. The van der Waals surface area contributed by atoms with Crippen molar-refractivity contribution in [1.82, 2.24) is 10.2 Å². The molecule has 0 radical (unpaired) electrons. The van der Waals surface area contributed by atoms with Gasteiger partial charge in [0, 0.05) is 35.3 Å². The quantitative estimate of drug-likeness (QED) is 0.381. The number of nitrogens with one attached hydrogen (secondary N) is 1. The summed E-state index contributed by atoms with van der Waals surface area (Å²) in [6.45, 7) is 7.11. The van der Waals surface area contributed by atoms with Crippen LogP contribution in [0.25, 0.3) is 0 Å². The van der Waals surface area contributed by atoms with E-state index in [1.54, 1.807) is 5.32 Å². The second-order valence-electron chi connectivity index (χ2n) is 15.3. The molecule has 5 saturated carbocycles. The van der Waals surface area contributed by atoms with Crippen LogP contribution in [0.3, 0.4) is 0 Å². The number of carbonyl (C=O) groups is 2. The van der Waals surface area contributed by atoms with Crippen LogP contribution >= 0.6 is 0 Å². The van der Waals surface area contributed by atoms with E-state index >= 15 is 0 Å². The summed E-state index contributed by atoms with van der Waals surface area (Å²) in [6.07, 6.45) is -11.4. The van der Waals surface area contributed by atoms with Gasteiger partial charge in [-0.1, -0.05) is 20.8 Å². The third kappa shape index (κ3) is 3.76. The molecule has 246 valence electrons. The molecule has 3 N–H and O–H groups in total. The maximum atomic E-state index is 14.6. The fourth-order valence-electron chi connectivity index (χ4n) is 11.3. The summed E-state index contributed by atoms with van der Waals surface area (Å²) in [6, 6.07) is -1.37. The van der Waals surface area contributed by atoms with E-state index in [1.165, 1.54) is 6.92 Å². The first-order valence-electron chi connectivity index (χ1n) is 15.1. The Morgan fingerprint density at radius 2 is 1.56 bits per heavy atom. The van der Waals surface area contributed by atoms with E-state index < -0.39 is 75.7 Å². The van der Waals surface area contributed by atoms with Gasteiger partial charge in [-0.3, -0.25) is 9.59 Å². The van der Waals surface area contributed by atoms with Gasteiger partial charge in [0.05, 0.1) is 12.7 Å². The molecule has 5 aliphatic rings.